The van der Waals surface area contributed by atoms with Gasteiger partial charge in [0.2, 0.25) is 0 Å². The van der Waals surface area contributed by atoms with Crippen LogP contribution in [-0.2, 0) is 10.8 Å². The molecule has 0 atom stereocenters. The maximum atomic E-state index is 12.7. The van der Waals surface area contributed by atoms with Crippen LogP contribution in [0.3, 0.4) is 0 Å². The number of hydrogen-bond acceptors (Lipinski definition) is 4. The molecule has 4 rings (SSSR count). The van der Waals surface area contributed by atoms with Gasteiger partial charge in [-0.05, 0) is 58.4 Å². The van der Waals surface area contributed by atoms with Crippen LogP contribution in [0.2, 0.25) is 0 Å². The number of rotatable bonds is 1. The second kappa shape index (κ2) is 6.69. The van der Waals surface area contributed by atoms with Gasteiger partial charge in [-0.25, -0.2) is 9.59 Å². The molecule has 0 saturated carbocycles. The average Bonchev–Trinajstić information content (AvgIpc) is 2.65. The number of fused-ring (bicyclic) bond motifs is 2. The van der Waals surface area contributed by atoms with Crippen molar-refractivity contribution in [2.24, 2.45) is 0 Å². The molecule has 0 radical (unpaired) electrons. The summed E-state index contributed by atoms with van der Waals surface area (Å²) in [6, 6.07) is 15.0. The Morgan fingerprint density at radius 1 is 0.567 bits per heavy atom. The Kier molecular flexibility index (Phi) is 4.50. The van der Waals surface area contributed by atoms with E-state index in [1.54, 1.807) is 24.3 Å². The third-order valence-electron chi connectivity index (χ3n) is 5.49. The van der Waals surface area contributed by atoms with Crippen LogP contribution in [0.4, 0.5) is 0 Å². The quantitative estimate of drug-likeness (QED) is 0.358. The molecule has 154 valence electrons. The van der Waals surface area contributed by atoms with Crippen molar-refractivity contribution in [1.82, 2.24) is 0 Å². The fraction of sp³-hybridized carbons (Fsp3) is 0.308. The largest absolute Gasteiger partial charge is 0.422 e. The van der Waals surface area contributed by atoms with Crippen LogP contribution in [0, 0.1) is 0 Å². The van der Waals surface area contributed by atoms with E-state index in [0.29, 0.717) is 11.2 Å². The normalized spacial score (nSPS) is 12.6. The zero-order valence-corrected chi connectivity index (χ0v) is 18.3. The molecule has 2 heterocycles. The molecule has 0 aliphatic carbocycles. The Morgan fingerprint density at radius 3 is 1.27 bits per heavy atom. The molecule has 0 aliphatic heterocycles. The van der Waals surface area contributed by atoms with Crippen LogP contribution in [0.1, 0.15) is 52.7 Å². The fourth-order valence-corrected chi connectivity index (χ4v) is 3.56. The fourth-order valence-electron chi connectivity index (χ4n) is 3.56. The summed E-state index contributed by atoms with van der Waals surface area (Å²) in [5.74, 6) is 0. The summed E-state index contributed by atoms with van der Waals surface area (Å²) >= 11 is 0. The summed E-state index contributed by atoms with van der Waals surface area (Å²) in [6.45, 7) is 12.7. The molecule has 0 amide bonds. The van der Waals surface area contributed by atoms with Crippen LogP contribution in [0.5, 0.6) is 0 Å². The highest BCUT2D eigenvalue weighted by molar-refractivity contribution is 5.86. The first-order valence-corrected chi connectivity index (χ1v) is 10.1. The zero-order chi connectivity index (χ0) is 21.8. The molecule has 0 unspecified atom stereocenters. The summed E-state index contributed by atoms with van der Waals surface area (Å²) in [6.07, 6.45) is 0. The molecular weight excluding hydrogens is 376 g/mol. The molecule has 0 N–H and O–H groups in total. The minimum Gasteiger partial charge on any atom is -0.422 e. The monoisotopic (exact) mass is 402 g/mol. The first-order valence-electron chi connectivity index (χ1n) is 10.1. The molecule has 0 spiro atoms. The standard InChI is InChI=1S/C26H26O4/c1-25(2,3)17-7-9-21-15(11-17)13-19(23(27)29-21)20-14-16-12-18(26(4,5)6)8-10-22(16)30-24(20)28/h7-14H,1-6H3. The van der Waals surface area contributed by atoms with Gasteiger partial charge in [-0.2, -0.15) is 0 Å². The van der Waals surface area contributed by atoms with E-state index in [2.05, 4.69) is 41.5 Å². The van der Waals surface area contributed by atoms with Gasteiger partial charge in [0, 0.05) is 10.8 Å². The van der Waals surface area contributed by atoms with Gasteiger partial charge in [0.25, 0.3) is 0 Å². The molecule has 4 heteroatoms. The predicted octanol–water partition coefficient (Wildman–Crippen LogP) is 6.16. The van der Waals surface area contributed by atoms with Crippen molar-refractivity contribution < 1.29 is 8.83 Å². The van der Waals surface area contributed by atoms with E-state index in [1.165, 1.54) is 0 Å². The van der Waals surface area contributed by atoms with Crippen molar-refractivity contribution in [2.75, 3.05) is 0 Å². The SMILES string of the molecule is CC(C)(C)c1ccc2oc(=O)c(-c3cc4cc(C(C)(C)C)ccc4oc3=O)cc2c1. The molecule has 0 bridgehead atoms. The molecule has 30 heavy (non-hydrogen) atoms. The first kappa shape index (κ1) is 20.1. The second-order valence-electron chi connectivity index (χ2n) is 9.90. The lowest BCUT2D eigenvalue weighted by molar-refractivity contribution is 0.551. The molecule has 4 nitrogen and oxygen atoms in total. The van der Waals surface area contributed by atoms with E-state index in [-0.39, 0.29) is 22.0 Å². The minimum atomic E-state index is -0.551. The van der Waals surface area contributed by atoms with Crippen LogP contribution >= 0.6 is 0 Å². The highest BCUT2D eigenvalue weighted by Gasteiger charge is 2.19. The summed E-state index contributed by atoms with van der Waals surface area (Å²) < 4.78 is 11.0. The topological polar surface area (TPSA) is 60.4 Å². The van der Waals surface area contributed by atoms with Gasteiger partial charge >= 0.3 is 11.3 Å². The van der Waals surface area contributed by atoms with Gasteiger partial charge in [0.1, 0.15) is 11.2 Å². The smallest absolute Gasteiger partial charge is 0.344 e. The lowest BCUT2D eigenvalue weighted by Crippen LogP contribution is -2.13. The van der Waals surface area contributed by atoms with Gasteiger partial charge in [-0.3, -0.25) is 0 Å². The summed E-state index contributed by atoms with van der Waals surface area (Å²) in [4.78, 5) is 25.4. The summed E-state index contributed by atoms with van der Waals surface area (Å²) in [5, 5.41) is 1.56. The van der Waals surface area contributed by atoms with Gasteiger partial charge in [-0.1, -0.05) is 53.7 Å². The van der Waals surface area contributed by atoms with Crippen molar-refractivity contribution in [1.29, 1.82) is 0 Å². The van der Waals surface area contributed by atoms with Gasteiger partial charge < -0.3 is 8.83 Å². The van der Waals surface area contributed by atoms with Crippen LogP contribution < -0.4 is 11.3 Å². The third kappa shape index (κ3) is 3.58. The van der Waals surface area contributed by atoms with Crippen molar-refractivity contribution in [3.63, 3.8) is 0 Å². The zero-order valence-electron chi connectivity index (χ0n) is 18.3. The summed E-state index contributed by atoms with van der Waals surface area (Å²) in [5.41, 5.74) is 2.47. The van der Waals surface area contributed by atoms with Crippen molar-refractivity contribution in [3.05, 3.63) is 80.5 Å². The van der Waals surface area contributed by atoms with Crippen molar-refractivity contribution >= 4 is 21.9 Å². The average molecular weight is 402 g/mol. The Labute approximate surface area is 175 Å². The van der Waals surface area contributed by atoms with Crippen molar-refractivity contribution in [2.45, 2.75) is 52.4 Å². The van der Waals surface area contributed by atoms with Crippen LogP contribution in [0.15, 0.2) is 67.0 Å². The lowest BCUT2D eigenvalue weighted by Gasteiger charge is -2.19. The minimum absolute atomic E-state index is 0.0458. The molecule has 0 fully saturated rings. The third-order valence-corrected chi connectivity index (χ3v) is 5.49. The predicted molar refractivity (Wildman–Crippen MR) is 121 cm³/mol. The van der Waals surface area contributed by atoms with E-state index in [4.69, 9.17) is 8.83 Å². The Morgan fingerprint density at radius 2 is 0.933 bits per heavy atom. The van der Waals surface area contributed by atoms with E-state index in [1.807, 2.05) is 24.3 Å². The maximum Gasteiger partial charge on any atom is 0.344 e. The summed E-state index contributed by atoms with van der Waals surface area (Å²) in [7, 11) is 0. The highest BCUT2D eigenvalue weighted by Crippen LogP contribution is 2.29. The highest BCUT2D eigenvalue weighted by atomic mass is 16.4. The van der Waals surface area contributed by atoms with E-state index in [0.717, 1.165) is 21.9 Å². The molecular formula is C26H26O4. The van der Waals surface area contributed by atoms with E-state index in [9.17, 15) is 9.59 Å². The number of benzene rings is 2. The Hall–Kier alpha value is -3.14. The second-order valence-corrected chi connectivity index (χ2v) is 9.90. The molecule has 0 aliphatic rings. The van der Waals surface area contributed by atoms with E-state index >= 15 is 0 Å². The molecule has 4 aromatic rings. The van der Waals surface area contributed by atoms with Gasteiger partial charge in [0.15, 0.2) is 0 Å². The van der Waals surface area contributed by atoms with E-state index < -0.39 is 11.3 Å². The van der Waals surface area contributed by atoms with Crippen molar-refractivity contribution in [3.8, 4) is 11.1 Å². The molecule has 2 aromatic carbocycles. The van der Waals surface area contributed by atoms with Gasteiger partial charge in [-0.15, -0.1) is 0 Å². The van der Waals surface area contributed by atoms with Gasteiger partial charge in [0.05, 0.1) is 11.1 Å². The van der Waals surface area contributed by atoms with Crippen LogP contribution in [-0.4, -0.2) is 0 Å². The number of hydrogen-bond donors (Lipinski definition) is 0. The Bertz CT molecular complexity index is 1280. The first-order chi connectivity index (χ1) is 13.9. The Balaban J connectivity index is 1.96. The molecule has 0 saturated heterocycles. The maximum absolute atomic E-state index is 12.7. The van der Waals surface area contributed by atoms with Crippen LogP contribution in [0.25, 0.3) is 33.1 Å². The lowest BCUT2D eigenvalue weighted by atomic mass is 9.86. The molecule has 2 aromatic heterocycles.